The van der Waals surface area contributed by atoms with Crippen LogP contribution in [0.2, 0.25) is 0 Å². The number of fused-ring (bicyclic) bond motifs is 3. The monoisotopic (exact) mass is 499 g/mol. The molecule has 1 fully saturated rings. The highest BCUT2D eigenvalue weighted by Crippen LogP contribution is 2.46. The van der Waals surface area contributed by atoms with Crippen LogP contribution >= 0.6 is 0 Å². The lowest BCUT2D eigenvalue weighted by atomic mass is 9.65. The smallest absolute Gasteiger partial charge is 0.324 e. The van der Waals surface area contributed by atoms with Crippen LogP contribution in [0.1, 0.15) is 42.3 Å². The number of ether oxygens (including phenoxy) is 1. The van der Waals surface area contributed by atoms with Gasteiger partial charge >= 0.3 is 6.01 Å². The first-order valence-electron chi connectivity index (χ1n) is 13.2. The van der Waals surface area contributed by atoms with Crippen LogP contribution < -0.4 is 26.0 Å². The third-order valence-corrected chi connectivity index (χ3v) is 7.89. The molecule has 4 N–H and O–H groups in total. The highest BCUT2D eigenvalue weighted by Gasteiger charge is 2.48. The molecule has 2 atom stereocenters. The first kappa shape index (κ1) is 23.8. The Hall–Kier alpha value is -3.56. The quantitative estimate of drug-likeness (QED) is 0.491. The van der Waals surface area contributed by atoms with Crippen LogP contribution in [0.5, 0.6) is 11.8 Å². The summed E-state index contributed by atoms with van der Waals surface area (Å²) in [6, 6.07) is 12.5. The lowest BCUT2D eigenvalue weighted by molar-refractivity contribution is -0.122. The van der Waals surface area contributed by atoms with Gasteiger partial charge in [-0.1, -0.05) is 31.2 Å². The third-order valence-electron chi connectivity index (χ3n) is 7.89. The van der Waals surface area contributed by atoms with Crippen molar-refractivity contribution in [3.63, 3.8) is 0 Å². The Labute approximate surface area is 216 Å². The zero-order valence-electron chi connectivity index (χ0n) is 21.2. The van der Waals surface area contributed by atoms with E-state index < -0.39 is 5.41 Å². The number of carbonyl (C=O) groups is 1. The molecule has 1 saturated heterocycles. The maximum atomic E-state index is 13.9. The SMILES string of the molecule is CCc1ncccc1Oc1nc2c(c(N3CCNC(CN)C3)n1)NC(=O)C1(CCCc3ccccc31)C2. The van der Waals surface area contributed by atoms with E-state index in [9.17, 15) is 4.79 Å². The Morgan fingerprint density at radius 2 is 2.11 bits per heavy atom. The first-order valence-corrected chi connectivity index (χ1v) is 13.2. The van der Waals surface area contributed by atoms with E-state index in [0.29, 0.717) is 36.8 Å². The van der Waals surface area contributed by atoms with Gasteiger partial charge in [0.1, 0.15) is 5.69 Å². The average molecular weight is 500 g/mol. The van der Waals surface area contributed by atoms with Crippen molar-refractivity contribution >= 4 is 17.4 Å². The molecule has 1 amide bonds. The number of pyridine rings is 1. The summed E-state index contributed by atoms with van der Waals surface area (Å²) in [6.45, 7) is 4.79. The summed E-state index contributed by atoms with van der Waals surface area (Å²) in [7, 11) is 0. The summed E-state index contributed by atoms with van der Waals surface area (Å²) in [5, 5.41) is 6.70. The number of anilines is 2. The Balaban J connectivity index is 1.45. The van der Waals surface area contributed by atoms with Gasteiger partial charge in [0, 0.05) is 44.8 Å². The molecule has 2 unspecified atom stereocenters. The molecule has 1 aliphatic carbocycles. The second kappa shape index (κ2) is 9.72. The van der Waals surface area contributed by atoms with E-state index in [-0.39, 0.29) is 18.0 Å². The van der Waals surface area contributed by atoms with Gasteiger partial charge in [0.15, 0.2) is 11.6 Å². The van der Waals surface area contributed by atoms with E-state index in [4.69, 9.17) is 20.4 Å². The number of aromatic nitrogens is 3. The molecule has 3 aromatic rings. The van der Waals surface area contributed by atoms with Crippen molar-refractivity contribution in [1.29, 1.82) is 0 Å². The number of piperazine rings is 1. The highest BCUT2D eigenvalue weighted by molar-refractivity contribution is 6.04. The van der Waals surface area contributed by atoms with Gasteiger partial charge in [-0.3, -0.25) is 9.78 Å². The molecule has 9 heteroatoms. The Bertz CT molecular complexity index is 1330. The number of hydrogen-bond acceptors (Lipinski definition) is 8. The van der Waals surface area contributed by atoms with Crippen molar-refractivity contribution < 1.29 is 9.53 Å². The second-order valence-electron chi connectivity index (χ2n) is 10.1. The number of nitrogens with zero attached hydrogens (tertiary/aromatic N) is 4. The van der Waals surface area contributed by atoms with Crippen LogP contribution in [-0.2, 0) is 29.5 Å². The van der Waals surface area contributed by atoms with Gasteiger partial charge in [-0.05, 0) is 48.9 Å². The summed E-state index contributed by atoms with van der Waals surface area (Å²) >= 11 is 0. The van der Waals surface area contributed by atoms with E-state index in [0.717, 1.165) is 55.7 Å². The minimum atomic E-state index is -0.642. The zero-order valence-corrected chi connectivity index (χ0v) is 21.2. The molecule has 37 heavy (non-hydrogen) atoms. The molecule has 1 spiro atoms. The molecule has 6 rings (SSSR count). The molecule has 2 aromatic heterocycles. The van der Waals surface area contributed by atoms with E-state index in [1.54, 1.807) is 6.20 Å². The lowest BCUT2D eigenvalue weighted by Gasteiger charge is -2.42. The molecular formula is C28H33N7O2. The molecule has 9 nitrogen and oxygen atoms in total. The number of benzene rings is 1. The Kier molecular flexibility index (Phi) is 6.26. The van der Waals surface area contributed by atoms with Gasteiger partial charge in [0.05, 0.1) is 16.8 Å². The largest absolute Gasteiger partial charge is 0.422 e. The van der Waals surface area contributed by atoms with Crippen LogP contribution in [-0.4, -0.2) is 53.1 Å². The first-order chi connectivity index (χ1) is 18.1. The van der Waals surface area contributed by atoms with Crippen molar-refractivity contribution in [3.05, 3.63) is 65.1 Å². The summed E-state index contributed by atoms with van der Waals surface area (Å²) in [5.74, 6) is 1.36. The molecule has 1 aromatic carbocycles. The highest BCUT2D eigenvalue weighted by atomic mass is 16.5. The number of amides is 1. The van der Waals surface area contributed by atoms with Gasteiger partial charge in [0.2, 0.25) is 5.91 Å². The zero-order chi connectivity index (χ0) is 25.4. The number of nitrogens with one attached hydrogen (secondary N) is 2. The molecular weight excluding hydrogens is 466 g/mol. The normalized spacial score (nSPS) is 22.8. The van der Waals surface area contributed by atoms with E-state index in [1.807, 2.05) is 25.1 Å². The molecule has 0 bridgehead atoms. The van der Waals surface area contributed by atoms with E-state index in [2.05, 4.69) is 38.7 Å². The summed E-state index contributed by atoms with van der Waals surface area (Å²) in [4.78, 5) is 30.2. The van der Waals surface area contributed by atoms with Crippen LogP contribution in [0.4, 0.5) is 11.5 Å². The molecule has 4 heterocycles. The fraction of sp³-hybridized carbons (Fsp3) is 0.429. The molecule has 0 saturated carbocycles. The maximum absolute atomic E-state index is 13.9. The fourth-order valence-electron chi connectivity index (χ4n) is 6.00. The fourth-order valence-corrected chi connectivity index (χ4v) is 6.00. The van der Waals surface area contributed by atoms with E-state index in [1.165, 1.54) is 5.56 Å². The average Bonchev–Trinajstić information content (AvgIpc) is 2.94. The Morgan fingerprint density at radius 3 is 2.97 bits per heavy atom. The number of carbonyl (C=O) groups excluding carboxylic acids is 1. The van der Waals surface area contributed by atoms with Crippen molar-refractivity contribution in [2.75, 3.05) is 36.4 Å². The van der Waals surface area contributed by atoms with Crippen LogP contribution in [0, 0.1) is 0 Å². The van der Waals surface area contributed by atoms with Gasteiger partial charge in [-0.2, -0.15) is 9.97 Å². The topological polar surface area (TPSA) is 118 Å². The van der Waals surface area contributed by atoms with Crippen molar-refractivity contribution in [2.45, 2.75) is 50.5 Å². The van der Waals surface area contributed by atoms with Crippen LogP contribution in [0.25, 0.3) is 0 Å². The Morgan fingerprint density at radius 1 is 1.22 bits per heavy atom. The van der Waals surface area contributed by atoms with Gasteiger partial charge < -0.3 is 26.0 Å². The predicted molar refractivity (Wildman–Crippen MR) is 142 cm³/mol. The summed E-state index contributed by atoms with van der Waals surface area (Å²) in [5.41, 5.74) is 10.0. The summed E-state index contributed by atoms with van der Waals surface area (Å²) in [6.07, 6.45) is 5.75. The van der Waals surface area contributed by atoms with Crippen LogP contribution in [0.15, 0.2) is 42.6 Å². The molecule has 3 aliphatic rings. The summed E-state index contributed by atoms with van der Waals surface area (Å²) < 4.78 is 6.26. The molecule has 0 radical (unpaired) electrons. The third kappa shape index (κ3) is 4.22. The predicted octanol–water partition coefficient (Wildman–Crippen LogP) is 2.73. The minimum absolute atomic E-state index is 0.0247. The number of rotatable bonds is 5. The number of hydrogen-bond donors (Lipinski definition) is 3. The lowest BCUT2D eigenvalue weighted by Crippen LogP contribution is -2.54. The van der Waals surface area contributed by atoms with Gasteiger partial charge in [-0.15, -0.1) is 0 Å². The molecule has 2 aliphatic heterocycles. The molecule has 192 valence electrons. The number of nitrogens with two attached hydrogens (primary N) is 1. The van der Waals surface area contributed by atoms with E-state index >= 15 is 0 Å². The minimum Gasteiger partial charge on any atom is -0.422 e. The van der Waals surface area contributed by atoms with Gasteiger partial charge in [-0.25, -0.2) is 0 Å². The van der Waals surface area contributed by atoms with Crippen molar-refractivity contribution in [1.82, 2.24) is 20.3 Å². The van der Waals surface area contributed by atoms with Crippen molar-refractivity contribution in [2.24, 2.45) is 5.73 Å². The van der Waals surface area contributed by atoms with Crippen LogP contribution in [0.3, 0.4) is 0 Å². The second-order valence-corrected chi connectivity index (χ2v) is 10.1. The standard InChI is InChI=1S/C28H33N7O2/c1-2-21-23(10-6-12-31-21)37-27-32-22-15-28(11-5-8-18-7-3-4-9-20(18)28)26(36)33-24(22)25(34-27)35-14-13-30-19(16-29)17-35/h3-4,6-7,9-10,12,19,30H,2,5,8,11,13-17,29H2,1H3,(H,33,36). The maximum Gasteiger partial charge on any atom is 0.324 e. The van der Waals surface area contributed by atoms with Crippen molar-refractivity contribution in [3.8, 4) is 11.8 Å². The van der Waals surface area contributed by atoms with Gasteiger partial charge in [0.25, 0.3) is 0 Å². The number of aryl methyl sites for hydroxylation is 2.